The fraction of sp³-hybridized carbons (Fsp3) is 0.118. The second-order valence-electron chi connectivity index (χ2n) is 4.62. The highest BCUT2D eigenvalue weighted by Crippen LogP contribution is 2.28. The molecule has 0 aliphatic carbocycles. The van der Waals surface area contributed by atoms with Crippen molar-refractivity contribution in [1.82, 2.24) is 10.2 Å². The SMILES string of the molecule is COc1ccc(C=Nc2nnc(-c3ccccc3)s2)c(OC)c1. The van der Waals surface area contributed by atoms with Gasteiger partial charge in [0.05, 0.1) is 14.2 Å². The molecule has 1 heterocycles. The second kappa shape index (κ2) is 7.02. The van der Waals surface area contributed by atoms with E-state index in [-0.39, 0.29) is 0 Å². The van der Waals surface area contributed by atoms with Crippen LogP contribution in [0.15, 0.2) is 53.5 Å². The van der Waals surface area contributed by atoms with Gasteiger partial charge in [0.1, 0.15) is 16.5 Å². The van der Waals surface area contributed by atoms with E-state index in [9.17, 15) is 0 Å². The molecule has 0 N–H and O–H groups in total. The van der Waals surface area contributed by atoms with E-state index in [0.29, 0.717) is 10.9 Å². The van der Waals surface area contributed by atoms with Crippen LogP contribution in [-0.2, 0) is 0 Å². The number of benzene rings is 2. The van der Waals surface area contributed by atoms with Gasteiger partial charge in [0.15, 0.2) is 0 Å². The molecule has 116 valence electrons. The monoisotopic (exact) mass is 325 g/mol. The van der Waals surface area contributed by atoms with Crippen LogP contribution in [-0.4, -0.2) is 30.6 Å². The largest absolute Gasteiger partial charge is 0.497 e. The molecule has 0 aliphatic rings. The number of methoxy groups -OCH3 is 2. The van der Waals surface area contributed by atoms with Gasteiger partial charge in [-0.25, -0.2) is 4.99 Å². The molecule has 0 unspecified atom stereocenters. The average Bonchev–Trinajstić information content (AvgIpc) is 3.09. The van der Waals surface area contributed by atoms with Gasteiger partial charge in [-0.1, -0.05) is 41.7 Å². The first-order valence-corrected chi connectivity index (χ1v) is 7.77. The Bertz CT molecular complexity index is 816. The normalized spacial score (nSPS) is 10.9. The van der Waals surface area contributed by atoms with Gasteiger partial charge in [0, 0.05) is 23.4 Å². The van der Waals surface area contributed by atoms with Crippen LogP contribution in [0.5, 0.6) is 11.5 Å². The summed E-state index contributed by atoms with van der Waals surface area (Å²) < 4.78 is 10.5. The second-order valence-corrected chi connectivity index (χ2v) is 5.58. The van der Waals surface area contributed by atoms with Gasteiger partial charge in [-0.2, -0.15) is 0 Å². The molecule has 0 atom stereocenters. The third-order valence-electron chi connectivity index (χ3n) is 3.19. The van der Waals surface area contributed by atoms with Crippen molar-refractivity contribution in [3.05, 3.63) is 54.1 Å². The zero-order valence-corrected chi connectivity index (χ0v) is 13.6. The first kappa shape index (κ1) is 15.2. The van der Waals surface area contributed by atoms with E-state index in [1.54, 1.807) is 20.4 Å². The molecule has 0 amide bonds. The summed E-state index contributed by atoms with van der Waals surface area (Å²) in [5.74, 6) is 1.43. The van der Waals surface area contributed by atoms with E-state index in [1.807, 2.05) is 48.5 Å². The first-order chi connectivity index (χ1) is 11.3. The fourth-order valence-corrected chi connectivity index (χ4v) is 2.71. The van der Waals surface area contributed by atoms with Gasteiger partial charge in [0.25, 0.3) is 0 Å². The van der Waals surface area contributed by atoms with Gasteiger partial charge in [-0.05, 0) is 12.1 Å². The predicted octanol–water partition coefficient (Wildman–Crippen LogP) is 3.97. The average molecular weight is 325 g/mol. The van der Waals surface area contributed by atoms with E-state index >= 15 is 0 Å². The van der Waals surface area contributed by atoms with Crippen molar-refractivity contribution in [2.24, 2.45) is 4.99 Å². The smallest absolute Gasteiger partial charge is 0.231 e. The zero-order valence-electron chi connectivity index (χ0n) is 12.8. The molecule has 0 radical (unpaired) electrons. The molecule has 5 nitrogen and oxygen atoms in total. The minimum absolute atomic E-state index is 0.599. The summed E-state index contributed by atoms with van der Waals surface area (Å²) in [6.45, 7) is 0. The van der Waals surface area contributed by atoms with E-state index in [0.717, 1.165) is 21.9 Å². The molecule has 3 aromatic rings. The topological polar surface area (TPSA) is 56.6 Å². The van der Waals surface area contributed by atoms with Crippen molar-refractivity contribution in [1.29, 1.82) is 0 Å². The van der Waals surface area contributed by atoms with E-state index in [2.05, 4.69) is 15.2 Å². The van der Waals surface area contributed by atoms with Crippen LogP contribution in [0, 0.1) is 0 Å². The van der Waals surface area contributed by atoms with Crippen LogP contribution >= 0.6 is 11.3 Å². The summed E-state index contributed by atoms with van der Waals surface area (Å²) in [6.07, 6.45) is 1.72. The Balaban J connectivity index is 1.82. The molecule has 2 aromatic carbocycles. The number of aliphatic imine (C=N–C) groups is 1. The maximum atomic E-state index is 5.35. The molecule has 6 heteroatoms. The Morgan fingerprint density at radius 1 is 1.00 bits per heavy atom. The van der Waals surface area contributed by atoms with Gasteiger partial charge in [0.2, 0.25) is 5.13 Å². The summed E-state index contributed by atoms with van der Waals surface area (Å²) in [5, 5.41) is 9.72. The number of hydrogen-bond acceptors (Lipinski definition) is 6. The molecule has 0 saturated carbocycles. The Labute approximate surface area is 138 Å². The van der Waals surface area contributed by atoms with E-state index in [1.165, 1.54) is 11.3 Å². The highest BCUT2D eigenvalue weighted by molar-refractivity contribution is 7.18. The molecule has 0 saturated heterocycles. The standard InChI is InChI=1S/C17H15N3O2S/c1-21-14-9-8-13(15(10-14)22-2)11-18-17-20-19-16(23-17)12-6-4-3-5-7-12/h3-11H,1-2H3. The fourth-order valence-electron chi connectivity index (χ4n) is 2.01. The Hall–Kier alpha value is -2.73. The van der Waals surface area contributed by atoms with Crippen molar-refractivity contribution in [3.63, 3.8) is 0 Å². The maximum Gasteiger partial charge on any atom is 0.231 e. The minimum Gasteiger partial charge on any atom is -0.497 e. The van der Waals surface area contributed by atoms with Gasteiger partial charge in [-0.15, -0.1) is 10.2 Å². The Morgan fingerprint density at radius 2 is 1.83 bits per heavy atom. The number of aromatic nitrogens is 2. The lowest BCUT2D eigenvalue weighted by molar-refractivity contribution is 0.394. The molecule has 23 heavy (non-hydrogen) atoms. The summed E-state index contributed by atoms with van der Waals surface area (Å²) in [7, 11) is 3.24. The summed E-state index contributed by atoms with van der Waals surface area (Å²) in [5.41, 5.74) is 1.89. The number of rotatable bonds is 5. The zero-order chi connectivity index (χ0) is 16.1. The Kier molecular flexibility index (Phi) is 4.63. The lowest BCUT2D eigenvalue weighted by atomic mass is 10.2. The van der Waals surface area contributed by atoms with Gasteiger partial charge < -0.3 is 9.47 Å². The maximum absolute atomic E-state index is 5.35. The number of nitrogens with zero attached hydrogens (tertiary/aromatic N) is 3. The first-order valence-electron chi connectivity index (χ1n) is 6.95. The van der Waals surface area contributed by atoms with Crippen LogP contribution in [0.25, 0.3) is 10.6 Å². The van der Waals surface area contributed by atoms with Crippen molar-refractivity contribution >= 4 is 22.7 Å². The highest BCUT2D eigenvalue weighted by atomic mass is 32.1. The van der Waals surface area contributed by atoms with Crippen LogP contribution < -0.4 is 9.47 Å². The summed E-state index contributed by atoms with van der Waals surface area (Å²) in [6, 6.07) is 15.5. The summed E-state index contributed by atoms with van der Waals surface area (Å²) >= 11 is 1.44. The van der Waals surface area contributed by atoms with Crippen LogP contribution in [0.4, 0.5) is 5.13 Å². The van der Waals surface area contributed by atoms with Crippen molar-refractivity contribution < 1.29 is 9.47 Å². The van der Waals surface area contributed by atoms with Crippen LogP contribution in [0.1, 0.15) is 5.56 Å². The van der Waals surface area contributed by atoms with Crippen molar-refractivity contribution in [2.75, 3.05) is 14.2 Å². The van der Waals surface area contributed by atoms with Crippen LogP contribution in [0.3, 0.4) is 0 Å². The van der Waals surface area contributed by atoms with Crippen molar-refractivity contribution in [3.8, 4) is 22.1 Å². The lowest BCUT2D eigenvalue weighted by Crippen LogP contribution is -1.92. The third-order valence-corrected chi connectivity index (χ3v) is 4.07. The van der Waals surface area contributed by atoms with Crippen LogP contribution in [0.2, 0.25) is 0 Å². The predicted molar refractivity (Wildman–Crippen MR) is 92.1 cm³/mol. The van der Waals surface area contributed by atoms with Crippen molar-refractivity contribution in [2.45, 2.75) is 0 Å². The van der Waals surface area contributed by atoms with E-state index in [4.69, 9.17) is 9.47 Å². The lowest BCUT2D eigenvalue weighted by Gasteiger charge is -2.06. The third kappa shape index (κ3) is 3.54. The quantitative estimate of drug-likeness (QED) is 0.666. The summed E-state index contributed by atoms with van der Waals surface area (Å²) in [4.78, 5) is 4.39. The molecule has 0 bridgehead atoms. The minimum atomic E-state index is 0.599. The molecule has 0 aliphatic heterocycles. The van der Waals surface area contributed by atoms with Gasteiger partial charge in [-0.3, -0.25) is 0 Å². The molecule has 3 rings (SSSR count). The number of ether oxygens (including phenoxy) is 2. The number of hydrogen-bond donors (Lipinski definition) is 0. The molecule has 1 aromatic heterocycles. The molecule has 0 fully saturated rings. The molecule has 0 spiro atoms. The molecular weight excluding hydrogens is 310 g/mol. The van der Waals surface area contributed by atoms with Gasteiger partial charge >= 0.3 is 0 Å². The van der Waals surface area contributed by atoms with E-state index < -0.39 is 0 Å². The Morgan fingerprint density at radius 3 is 2.57 bits per heavy atom. The highest BCUT2D eigenvalue weighted by Gasteiger charge is 2.06. The molecular formula is C17H15N3O2S.